The third-order valence-corrected chi connectivity index (χ3v) is 8.05. The van der Waals surface area contributed by atoms with E-state index in [2.05, 4.69) is 11.3 Å². The Kier molecular flexibility index (Phi) is 8.84. The Balaban J connectivity index is 1.42. The summed E-state index contributed by atoms with van der Waals surface area (Å²) in [6.07, 6.45) is -3.44. The predicted octanol–water partition coefficient (Wildman–Crippen LogP) is 7.84. The summed E-state index contributed by atoms with van der Waals surface area (Å²) in [5.41, 5.74) is -0.899. The molecule has 0 bridgehead atoms. The molecule has 0 heterocycles. The van der Waals surface area contributed by atoms with E-state index in [4.69, 9.17) is 9.47 Å². The van der Waals surface area contributed by atoms with E-state index in [1.807, 2.05) is 42.5 Å². The molecule has 0 saturated carbocycles. The number of benzene rings is 4. The lowest BCUT2D eigenvalue weighted by Gasteiger charge is -2.27. The second-order valence-electron chi connectivity index (χ2n) is 8.69. The van der Waals surface area contributed by atoms with Crippen LogP contribution >= 0.6 is 0 Å². The molecule has 40 heavy (non-hydrogen) atoms. The van der Waals surface area contributed by atoms with Crippen LogP contribution in [0.4, 0.5) is 17.6 Å². The minimum atomic E-state index is -4.81. The van der Waals surface area contributed by atoms with Crippen LogP contribution in [0.2, 0.25) is 0 Å². The lowest BCUT2D eigenvalue weighted by molar-refractivity contribution is -0.274. The van der Waals surface area contributed by atoms with Crippen LogP contribution in [0.25, 0.3) is 0 Å². The predicted molar refractivity (Wildman–Crippen MR) is 144 cm³/mol. The molecular weight excluding hydrogens is 544 g/mol. The summed E-state index contributed by atoms with van der Waals surface area (Å²) in [6, 6.07) is 28.5. The number of carbonyl (C=O) groups is 1. The monoisotopic (exact) mass is 569 g/mol. The minimum Gasteiger partial charge on any atom is -0.482 e. The SMILES string of the molecule is C=CC(C)(OC(=O)COc1ccc([S+](c2ccccc2)c2ccc(F)cc2)cc1)c1ccc(OC(F)(F)F)cc1. The smallest absolute Gasteiger partial charge is 0.482 e. The first-order valence-corrected chi connectivity index (χ1v) is 13.3. The molecule has 4 aromatic rings. The molecule has 4 aromatic carbocycles. The minimum absolute atomic E-state index is 0.309. The van der Waals surface area contributed by atoms with Crippen LogP contribution in [-0.2, 0) is 26.0 Å². The third-order valence-electron chi connectivity index (χ3n) is 5.82. The number of alkyl halides is 3. The molecule has 0 radical (unpaired) electrons. The molecule has 0 amide bonds. The molecule has 0 aliphatic carbocycles. The second-order valence-corrected chi connectivity index (χ2v) is 10.7. The van der Waals surface area contributed by atoms with Crippen LogP contribution in [0, 0.1) is 5.82 Å². The first-order valence-electron chi connectivity index (χ1n) is 12.1. The van der Waals surface area contributed by atoms with Gasteiger partial charge in [0.1, 0.15) is 17.3 Å². The number of hydrogen-bond acceptors (Lipinski definition) is 4. The number of ether oxygens (including phenoxy) is 3. The maximum Gasteiger partial charge on any atom is 0.573 e. The Morgan fingerprint density at radius 3 is 1.88 bits per heavy atom. The number of esters is 1. The van der Waals surface area contributed by atoms with Gasteiger partial charge in [-0.3, -0.25) is 0 Å². The fraction of sp³-hybridized carbons (Fsp3) is 0.129. The molecule has 9 heteroatoms. The van der Waals surface area contributed by atoms with Gasteiger partial charge in [-0.15, -0.1) is 13.2 Å². The van der Waals surface area contributed by atoms with Gasteiger partial charge in [0.05, 0.1) is 10.9 Å². The number of carbonyl (C=O) groups excluding carboxylic acids is 1. The van der Waals surface area contributed by atoms with Gasteiger partial charge >= 0.3 is 12.3 Å². The maximum absolute atomic E-state index is 13.6. The molecule has 4 nitrogen and oxygen atoms in total. The molecule has 0 saturated heterocycles. The molecule has 0 spiro atoms. The average Bonchev–Trinajstić information content (AvgIpc) is 2.94. The second kappa shape index (κ2) is 12.3. The van der Waals surface area contributed by atoms with Gasteiger partial charge < -0.3 is 14.2 Å². The Labute approximate surface area is 232 Å². The number of hydrogen-bond donors (Lipinski definition) is 0. The lowest BCUT2D eigenvalue weighted by atomic mass is 9.96. The van der Waals surface area contributed by atoms with E-state index in [-0.39, 0.29) is 5.82 Å². The van der Waals surface area contributed by atoms with Crippen molar-refractivity contribution in [1.29, 1.82) is 0 Å². The molecule has 2 atom stereocenters. The standard InChI is InChI=1S/C31H25F4O4S/c1-3-30(2,22-9-13-25(14-10-22)38-31(33,34)35)39-29(36)21-37-24-15-19-28(20-16-24)40(26-7-5-4-6-8-26)27-17-11-23(32)12-18-27/h3-20H,1,21H2,2H3/q+1. The Bertz CT molecular complexity index is 1420. The van der Waals surface area contributed by atoms with Gasteiger partial charge in [-0.05, 0) is 91.4 Å². The van der Waals surface area contributed by atoms with Crippen molar-refractivity contribution in [3.8, 4) is 11.5 Å². The van der Waals surface area contributed by atoms with Gasteiger partial charge in [0, 0.05) is 0 Å². The van der Waals surface area contributed by atoms with E-state index in [1.54, 1.807) is 31.2 Å². The highest BCUT2D eigenvalue weighted by molar-refractivity contribution is 7.97. The molecule has 0 N–H and O–H groups in total. The molecular formula is C31H25F4O4S+. The van der Waals surface area contributed by atoms with Crippen LogP contribution in [0.3, 0.4) is 0 Å². The van der Waals surface area contributed by atoms with Crippen molar-refractivity contribution in [3.05, 3.63) is 127 Å². The summed E-state index contributed by atoms with van der Waals surface area (Å²) >= 11 is 0. The molecule has 4 rings (SSSR count). The van der Waals surface area contributed by atoms with E-state index < -0.39 is 41.2 Å². The van der Waals surface area contributed by atoms with Gasteiger partial charge in [0.25, 0.3) is 0 Å². The molecule has 2 unspecified atom stereocenters. The van der Waals surface area contributed by atoms with Crippen LogP contribution in [-0.4, -0.2) is 18.9 Å². The van der Waals surface area contributed by atoms with Crippen LogP contribution in [0.15, 0.2) is 130 Å². The van der Waals surface area contributed by atoms with Gasteiger partial charge in [-0.2, -0.15) is 0 Å². The Morgan fingerprint density at radius 2 is 1.32 bits per heavy atom. The lowest BCUT2D eigenvalue weighted by Crippen LogP contribution is -2.29. The normalized spacial score (nSPS) is 13.5. The van der Waals surface area contributed by atoms with Crippen molar-refractivity contribution in [2.24, 2.45) is 0 Å². The largest absolute Gasteiger partial charge is 0.573 e. The first kappa shape index (κ1) is 28.8. The molecule has 0 aromatic heterocycles. The summed E-state index contributed by atoms with van der Waals surface area (Å²) in [4.78, 5) is 15.6. The Hall–Kier alpha value is -4.24. The summed E-state index contributed by atoms with van der Waals surface area (Å²) < 4.78 is 65.9. The van der Waals surface area contributed by atoms with E-state index in [1.165, 1.54) is 30.3 Å². The van der Waals surface area contributed by atoms with Crippen LogP contribution in [0.1, 0.15) is 12.5 Å². The van der Waals surface area contributed by atoms with E-state index >= 15 is 0 Å². The Morgan fingerprint density at radius 1 is 0.800 bits per heavy atom. The fourth-order valence-corrected chi connectivity index (χ4v) is 5.88. The zero-order valence-corrected chi connectivity index (χ0v) is 22.2. The quantitative estimate of drug-likeness (QED) is 0.0845. The van der Waals surface area contributed by atoms with Crippen molar-refractivity contribution < 1.29 is 36.6 Å². The number of rotatable bonds is 10. The topological polar surface area (TPSA) is 44.8 Å². The maximum atomic E-state index is 13.6. The van der Waals surface area contributed by atoms with Gasteiger partial charge in [-0.1, -0.05) is 36.9 Å². The van der Waals surface area contributed by atoms with Crippen molar-refractivity contribution in [2.75, 3.05) is 6.61 Å². The molecule has 0 aliphatic heterocycles. The summed E-state index contributed by atoms with van der Waals surface area (Å²) in [7, 11) is -0.484. The molecule has 206 valence electrons. The average molecular weight is 570 g/mol. The fourth-order valence-electron chi connectivity index (χ4n) is 3.82. The number of halogens is 4. The first-order chi connectivity index (χ1) is 19.1. The van der Waals surface area contributed by atoms with Gasteiger partial charge in [-0.25, -0.2) is 9.18 Å². The summed E-state index contributed by atoms with van der Waals surface area (Å²) in [6.45, 7) is 4.85. The summed E-state index contributed by atoms with van der Waals surface area (Å²) in [5, 5.41) is 0. The van der Waals surface area contributed by atoms with Crippen molar-refractivity contribution in [3.63, 3.8) is 0 Å². The van der Waals surface area contributed by atoms with Crippen LogP contribution < -0.4 is 9.47 Å². The third kappa shape index (κ3) is 7.45. The van der Waals surface area contributed by atoms with Gasteiger partial charge in [0.15, 0.2) is 26.9 Å². The highest BCUT2D eigenvalue weighted by atomic mass is 32.2. The van der Waals surface area contributed by atoms with Crippen LogP contribution in [0.5, 0.6) is 11.5 Å². The summed E-state index contributed by atoms with van der Waals surface area (Å²) in [5.74, 6) is -0.964. The van der Waals surface area contributed by atoms with E-state index in [9.17, 15) is 22.4 Å². The van der Waals surface area contributed by atoms with Crippen molar-refractivity contribution >= 4 is 16.9 Å². The molecule has 0 aliphatic rings. The van der Waals surface area contributed by atoms with E-state index in [0.29, 0.717) is 11.3 Å². The highest BCUT2D eigenvalue weighted by Gasteiger charge is 2.32. The zero-order chi connectivity index (χ0) is 28.8. The zero-order valence-electron chi connectivity index (χ0n) is 21.4. The van der Waals surface area contributed by atoms with Crippen molar-refractivity contribution in [2.45, 2.75) is 33.6 Å². The molecule has 0 fully saturated rings. The van der Waals surface area contributed by atoms with Gasteiger partial charge in [0.2, 0.25) is 0 Å². The van der Waals surface area contributed by atoms with E-state index in [0.717, 1.165) is 26.8 Å². The highest BCUT2D eigenvalue weighted by Crippen LogP contribution is 2.33. The van der Waals surface area contributed by atoms with Crippen molar-refractivity contribution in [1.82, 2.24) is 0 Å².